The lowest BCUT2D eigenvalue weighted by atomic mass is 9.93. The number of pyridine rings is 1. The third-order valence-corrected chi connectivity index (χ3v) is 3.90. The zero-order valence-corrected chi connectivity index (χ0v) is 12.4. The Labute approximate surface area is 120 Å². The van der Waals surface area contributed by atoms with Crippen LogP contribution in [-0.4, -0.2) is 23.2 Å². The predicted molar refractivity (Wildman–Crippen MR) is 83.2 cm³/mol. The summed E-state index contributed by atoms with van der Waals surface area (Å²) >= 11 is 0. The summed E-state index contributed by atoms with van der Waals surface area (Å²) in [6, 6.07) is 10.9. The molecule has 0 saturated carbocycles. The van der Waals surface area contributed by atoms with Crippen LogP contribution in [0.1, 0.15) is 32.4 Å². The van der Waals surface area contributed by atoms with Gasteiger partial charge in [-0.05, 0) is 45.7 Å². The topological polar surface area (TPSA) is 34.1 Å². The Morgan fingerprint density at radius 1 is 1.30 bits per heavy atom. The van der Waals surface area contributed by atoms with E-state index in [2.05, 4.69) is 48.4 Å². The van der Waals surface area contributed by atoms with Gasteiger partial charge in [-0.3, -0.25) is 4.98 Å². The molecule has 2 aromatic rings. The first kappa shape index (κ1) is 13.4. The summed E-state index contributed by atoms with van der Waals surface area (Å²) in [5, 5.41) is 4.90. The number of nitrogens with zero attached hydrogens (tertiary/aromatic N) is 1. The minimum atomic E-state index is -0.0339. The normalized spacial score (nSPS) is 21.9. The molecular weight excluding hydrogens is 248 g/mol. The number of rotatable bonds is 2. The summed E-state index contributed by atoms with van der Waals surface area (Å²) in [4.78, 5) is 4.59. The van der Waals surface area contributed by atoms with E-state index in [1.165, 1.54) is 11.1 Å². The van der Waals surface area contributed by atoms with Crippen molar-refractivity contribution in [3.63, 3.8) is 0 Å². The van der Waals surface area contributed by atoms with E-state index in [-0.39, 0.29) is 5.60 Å². The molecule has 106 valence electrons. The Morgan fingerprint density at radius 3 is 2.90 bits per heavy atom. The number of aromatic nitrogens is 1. The molecule has 3 rings (SSSR count). The molecule has 0 bridgehead atoms. The zero-order valence-electron chi connectivity index (χ0n) is 12.4. The zero-order chi connectivity index (χ0) is 14.2. The lowest BCUT2D eigenvalue weighted by Crippen LogP contribution is -2.40. The van der Waals surface area contributed by atoms with Gasteiger partial charge in [0.15, 0.2) is 0 Å². The Hall–Kier alpha value is -1.61. The molecule has 1 aliphatic rings. The lowest BCUT2D eigenvalue weighted by Gasteiger charge is -2.36. The first-order valence-corrected chi connectivity index (χ1v) is 7.30. The van der Waals surface area contributed by atoms with Crippen molar-refractivity contribution < 1.29 is 4.74 Å². The molecule has 1 unspecified atom stereocenters. The number of ether oxygens (including phenoxy) is 1. The molecule has 0 amide bonds. The lowest BCUT2D eigenvalue weighted by molar-refractivity contribution is -0.0553. The van der Waals surface area contributed by atoms with E-state index in [4.69, 9.17) is 4.74 Å². The van der Waals surface area contributed by atoms with Crippen LogP contribution in [0.3, 0.4) is 0 Å². The fraction of sp³-hybridized carbons (Fsp3) is 0.471. The van der Waals surface area contributed by atoms with Gasteiger partial charge in [-0.1, -0.05) is 18.2 Å². The first-order chi connectivity index (χ1) is 9.53. The SMILES string of the molecule is Cc1cc(NC2CCOC(C)(C)C2)c2ccccc2n1. The standard InChI is InChI=1S/C17H22N2O/c1-12-10-16(14-6-4-5-7-15(14)18-12)19-13-8-9-20-17(2,3)11-13/h4-7,10,13H,8-9,11H2,1-3H3,(H,18,19). The van der Waals surface area contributed by atoms with Crippen molar-refractivity contribution in [1.29, 1.82) is 0 Å². The van der Waals surface area contributed by atoms with Gasteiger partial charge in [-0.2, -0.15) is 0 Å². The van der Waals surface area contributed by atoms with Crippen molar-refractivity contribution in [1.82, 2.24) is 4.98 Å². The highest BCUT2D eigenvalue weighted by Gasteiger charge is 2.28. The van der Waals surface area contributed by atoms with Gasteiger partial charge >= 0.3 is 0 Å². The minimum Gasteiger partial charge on any atom is -0.382 e. The smallest absolute Gasteiger partial charge is 0.0725 e. The Kier molecular flexibility index (Phi) is 3.38. The third-order valence-electron chi connectivity index (χ3n) is 3.90. The average molecular weight is 270 g/mol. The van der Waals surface area contributed by atoms with Crippen LogP contribution >= 0.6 is 0 Å². The van der Waals surface area contributed by atoms with Gasteiger partial charge in [0.2, 0.25) is 0 Å². The molecule has 0 spiro atoms. The number of anilines is 1. The van der Waals surface area contributed by atoms with Gasteiger partial charge in [0.25, 0.3) is 0 Å². The highest BCUT2D eigenvalue weighted by atomic mass is 16.5. The first-order valence-electron chi connectivity index (χ1n) is 7.30. The molecule has 3 heteroatoms. The molecular formula is C17H22N2O. The highest BCUT2D eigenvalue weighted by Crippen LogP contribution is 2.29. The van der Waals surface area contributed by atoms with Crippen molar-refractivity contribution in [3.05, 3.63) is 36.0 Å². The minimum absolute atomic E-state index is 0.0339. The van der Waals surface area contributed by atoms with Crippen LogP contribution in [0, 0.1) is 6.92 Å². The van der Waals surface area contributed by atoms with Crippen LogP contribution in [0.25, 0.3) is 10.9 Å². The van der Waals surface area contributed by atoms with Crippen LogP contribution in [0.5, 0.6) is 0 Å². The fourth-order valence-corrected chi connectivity index (χ4v) is 3.00. The van der Waals surface area contributed by atoms with Crippen molar-refractivity contribution >= 4 is 16.6 Å². The fourth-order valence-electron chi connectivity index (χ4n) is 3.00. The predicted octanol–water partition coefficient (Wildman–Crippen LogP) is 3.91. The van der Waals surface area contributed by atoms with Crippen LogP contribution in [0.15, 0.2) is 30.3 Å². The molecule has 1 saturated heterocycles. The highest BCUT2D eigenvalue weighted by molar-refractivity contribution is 5.91. The van der Waals surface area contributed by atoms with Gasteiger partial charge < -0.3 is 10.1 Å². The summed E-state index contributed by atoms with van der Waals surface area (Å²) in [5.74, 6) is 0. The number of hydrogen-bond donors (Lipinski definition) is 1. The summed E-state index contributed by atoms with van der Waals surface area (Å²) in [6.45, 7) is 7.20. The van der Waals surface area contributed by atoms with E-state index in [0.29, 0.717) is 6.04 Å². The third kappa shape index (κ3) is 2.78. The summed E-state index contributed by atoms with van der Waals surface area (Å²) in [7, 11) is 0. The van der Waals surface area contributed by atoms with E-state index >= 15 is 0 Å². The van der Waals surface area contributed by atoms with Crippen molar-refractivity contribution in [2.75, 3.05) is 11.9 Å². The monoisotopic (exact) mass is 270 g/mol. The summed E-state index contributed by atoms with van der Waals surface area (Å²) in [6.07, 6.45) is 2.09. The van der Waals surface area contributed by atoms with E-state index in [9.17, 15) is 0 Å². The summed E-state index contributed by atoms with van der Waals surface area (Å²) in [5.41, 5.74) is 3.27. The van der Waals surface area contributed by atoms with E-state index < -0.39 is 0 Å². The Morgan fingerprint density at radius 2 is 2.10 bits per heavy atom. The van der Waals surface area contributed by atoms with E-state index in [1.807, 2.05) is 13.0 Å². The second-order valence-corrected chi connectivity index (χ2v) is 6.27. The molecule has 3 nitrogen and oxygen atoms in total. The number of fused-ring (bicyclic) bond motifs is 1. The molecule has 1 atom stereocenters. The molecule has 1 aromatic heterocycles. The number of aryl methyl sites for hydroxylation is 1. The van der Waals surface area contributed by atoms with Crippen LogP contribution in [0.2, 0.25) is 0 Å². The van der Waals surface area contributed by atoms with Gasteiger partial charge in [-0.15, -0.1) is 0 Å². The largest absolute Gasteiger partial charge is 0.382 e. The number of para-hydroxylation sites is 1. The number of hydrogen-bond acceptors (Lipinski definition) is 3. The maximum atomic E-state index is 5.79. The van der Waals surface area contributed by atoms with E-state index in [0.717, 1.165) is 30.7 Å². The number of nitrogens with one attached hydrogen (secondary N) is 1. The van der Waals surface area contributed by atoms with E-state index in [1.54, 1.807) is 0 Å². The second-order valence-electron chi connectivity index (χ2n) is 6.27. The molecule has 1 aromatic carbocycles. The van der Waals surface area contributed by atoms with Crippen molar-refractivity contribution in [3.8, 4) is 0 Å². The van der Waals surface area contributed by atoms with Gasteiger partial charge in [0.05, 0.1) is 11.1 Å². The molecule has 0 radical (unpaired) electrons. The maximum absolute atomic E-state index is 5.79. The van der Waals surface area contributed by atoms with Crippen molar-refractivity contribution in [2.45, 2.75) is 45.3 Å². The molecule has 1 N–H and O–H groups in total. The van der Waals surface area contributed by atoms with Crippen LogP contribution in [0.4, 0.5) is 5.69 Å². The number of benzene rings is 1. The quantitative estimate of drug-likeness (QED) is 0.898. The summed E-state index contributed by atoms with van der Waals surface area (Å²) < 4.78 is 5.79. The van der Waals surface area contributed by atoms with Gasteiger partial charge in [-0.25, -0.2) is 0 Å². The molecule has 0 aliphatic carbocycles. The van der Waals surface area contributed by atoms with Crippen LogP contribution < -0.4 is 5.32 Å². The Bertz CT molecular complexity index is 621. The molecule has 20 heavy (non-hydrogen) atoms. The molecule has 1 aliphatic heterocycles. The second kappa shape index (κ2) is 5.06. The molecule has 1 fully saturated rings. The Balaban J connectivity index is 1.90. The van der Waals surface area contributed by atoms with Crippen LogP contribution in [-0.2, 0) is 4.74 Å². The van der Waals surface area contributed by atoms with Gasteiger partial charge in [0, 0.05) is 29.4 Å². The molecule has 2 heterocycles. The maximum Gasteiger partial charge on any atom is 0.0725 e. The average Bonchev–Trinajstić information content (AvgIpc) is 2.37. The van der Waals surface area contributed by atoms with Crippen molar-refractivity contribution in [2.24, 2.45) is 0 Å². The van der Waals surface area contributed by atoms with Gasteiger partial charge in [0.1, 0.15) is 0 Å².